The molecule has 1 aliphatic rings. The first-order valence-electron chi connectivity index (χ1n) is 7.78. The van der Waals surface area contributed by atoms with Crippen molar-refractivity contribution in [1.29, 1.82) is 0 Å². The molecule has 0 aliphatic carbocycles. The molecule has 0 saturated heterocycles. The molecule has 0 aromatic heterocycles. The van der Waals surface area contributed by atoms with E-state index in [9.17, 15) is 0 Å². The van der Waals surface area contributed by atoms with Crippen LogP contribution in [0.4, 0.5) is 17.1 Å². The summed E-state index contributed by atoms with van der Waals surface area (Å²) < 4.78 is 0. The van der Waals surface area contributed by atoms with Crippen LogP contribution in [0.1, 0.15) is 18.7 Å². The van der Waals surface area contributed by atoms with Gasteiger partial charge in [-0.2, -0.15) is 0 Å². The number of benzene rings is 3. The Morgan fingerprint density at radius 3 is 2.09 bits per heavy atom. The molecule has 0 amide bonds. The van der Waals surface area contributed by atoms with E-state index in [2.05, 4.69) is 83.2 Å². The fourth-order valence-corrected chi connectivity index (χ4v) is 3.10. The lowest BCUT2D eigenvalue weighted by Gasteiger charge is -2.30. The molecule has 1 aliphatic heterocycles. The number of hydrogen-bond acceptors (Lipinski definition) is 3. The summed E-state index contributed by atoms with van der Waals surface area (Å²) in [5.74, 6) is 0. The van der Waals surface area contributed by atoms with Gasteiger partial charge in [0.25, 0.3) is 0 Å². The molecule has 114 valence electrons. The van der Waals surface area contributed by atoms with Gasteiger partial charge in [-0.3, -0.25) is 0 Å². The second-order valence-electron chi connectivity index (χ2n) is 5.96. The number of anilines is 3. The van der Waals surface area contributed by atoms with Gasteiger partial charge in [0.15, 0.2) is 0 Å². The highest BCUT2D eigenvalue weighted by Gasteiger charge is 2.19. The van der Waals surface area contributed by atoms with Crippen LogP contribution in [0.15, 0.2) is 72.9 Å². The Kier molecular flexibility index (Phi) is 3.19. The number of rotatable bonds is 3. The van der Waals surface area contributed by atoms with E-state index >= 15 is 0 Å². The SMILES string of the molecule is C=C(C)Nc1ccc(C2Nc3cccc4cccc(c34)N2)cc1. The van der Waals surface area contributed by atoms with Gasteiger partial charge in [-0.05, 0) is 42.1 Å². The molecule has 0 radical (unpaired) electrons. The van der Waals surface area contributed by atoms with E-state index in [1.165, 1.54) is 27.7 Å². The van der Waals surface area contributed by atoms with E-state index in [0.29, 0.717) is 0 Å². The first-order chi connectivity index (χ1) is 11.2. The molecule has 3 N–H and O–H groups in total. The van der Waals surface area contributed by atoms with Gasteiger partial charge in [0.2, 0.25) is 0 Å². The number of allylic oxidation sites excluding steroid dienone is 1. The molecule has 0 saturated carbocycles. The second kappa shape index (κ2) is 5.36. The highest BCUT2D eigenvalue weighted by Crippen LogP contribution is 2.38. The van der Waals surface area contributed by atoms with Crippen molar-refractivity contribution in [2.45, 2.75) is 13.1 Å². The average Bonchev–Trinajstić information content (AvgIpc) is 2.55. The predicted molar refractivity (Wildman–Crippen MR) is 98.8 cm³/mol. The van der Waals surface area contributed by atoms with Gasteiger partial charge >= 0.3 is 0 Å². The summed E-state index contributed by atoms with van der Waals surface area (Å²) in [6, 6.07) is 21.2. The highest BCUT2D eigenvalue weighted by molar-refractivity contribution is 6.04. The third kappa shape index (κ3) is 2.50. The fraction of sp³-hybridized carbons (Fsp3) is 0.100. The molecule has 0 bridgehead atoms. The van der Waals surface area contributed by atoms with Crippen LogP contribution in [-0.4, -0.2) is 0 Å². The van der Waals surface area contributed by atoms with Gasteiger partial charge in [0, 0.05) is 28.1 Å². The van der Waals surface area contributed by atoms with E-state index < -0.39 is 0 Å². The summed E-state index contributed by atoms with van der Waals surface area (Å²) in [4.78, 5) is 0. The Balaban J connectivity index is 1.66. The monoisotopic (exact) mass is 301 g/mol. The van der Waals surface area contributed by atoms with Crippen molar-refractivity contribution in [1.82, 2.24) is 0 Å². The van der Waals surface area contributed by atoms with E-state index in [1.54, 1.807) is 0 Å². The highest BCUT2D eigenvalue weighted by atomic mass is 15.1. The second-order valence-corrected chi connectivity index (χ2v) is 5.96. The molecular formula is C20H19N3. The van der Waals surface area contributed by atoms with Gasteiger partial charge in [-0.15, -0.1) is 0 Å². The molecule has 3 nitrogen and oxygen atoms in total. The summed E-state index contributed by atoms with van der Waals surface area (Å²) >= 11 is 0. The van der Waals surface area contributed by atoms with Crippen LogP contribution >= 0.6 is 0 Å². The average molecular weight is 301 g/mol. The maximum atomic E-state index is 3.87. The first-order valence-corrected chi connectivity index (χ1v) is 7.78. The van der Waals surface area contributed by atoms with Gasteiger partial charge < -0.3 is 16.0 Å². The molecule has 3 aromatic rings. The number of hydrogen-bond donors (Lipinski definition) is 3. The largest absolute Gasteiger partial charge is 0.361 e. The smallest absolute Gasteiger partial charge is 0.123 e. The minimum absolute atomic E-state index is 0.0642. The maximum Gasteiger partial charge on any atom is 0.123 e. The van der Waals surface area contributed by atoms with Crippen molar-refractivity contribution < 1.29 is 0 Å². The molecule has 0 atom stereocenters. The van der Waals surface area contributed by atoms with Crippen LogP contribution in [0.25, 0.3) is 10.8 Å². The predicted octanol–water partition coefficient (Wildman–Crippen LogP) is 5.32. The lowest BCUT2D eigenvalue weighted by Crippen LogP contribution is -2.23. The molecule has 23 heavy (non-hydrogen) atoms. The molecule has 0 unspecified atom stereocenters. The molecule has 3 aromatic carbocycles. The van der Waals surface area contributed by atoms with Crippen LogP contribution in [0, 0.1) is 0 Å². The summed E-state index contributed by atoms with van der Waals surface area (Å²) in [7, 11) is 0. The van der Waals surface area contributed by atoms with Crippen LogP contribution in [-0.2, 0) is 0 Å². The van der Waals surface area contributed by atoms with Gasteiger partial charge in [0.1, 0.15) is 6.17 Å². The molecule has 0 fully saturated rings. The van der Waals surface area contributed by atoms with Gasteiger partial charge in [-0.25, -0.2) is 0 Å². The molecule has 1 heterocycles. The molecule has 4 rings (SSSR count). The normalized spacial score (nSPS) is 13.3. The fourth-order valence-electron chi connectivity index (χ4n) is 3.10. The van der Waals surface area contributed by atoms with Crippen LogP contribution in [0.5, 0.6) is 0 Å². The van der Waals surface area contributed by atoms with E-state index in [-0.39, 0.29) is 6.17 Å². The molecular weight excluding hydrogens is 282 g/mol. The minimum atomic E-state index is 0.0642. The summed E-state index contributed by atoms with van der Waals surface area (Å²) in [6.45, 7) is 5.83. The zero-order valence-electron chi connectivity index (χ0n) is 13.1. The third-order valence-electron chi connectivity index (χ3n) is 4.11. The maximum absolute atomic E-state index is 3.87. The molecule has 0 spiro atoms. The van der Waals surface area contributed by atoms with Crippen molar-refractivity contribution in [2.24, 2.45) is 0 Å². The van der Waals surface area contributed by atoms with Crippen LogP contribution < -0.4 is 16.0 Å². The van der Waals surface area contributed by atoms with Crippen LogP contribution in [0.2, 0.25) is 0 Å². The van der Waals surface area contributed by atoms with E-state index in [0.717, 1.165) is 11.4 Å². The quantitative estimate of drug-likeness (QED) is 0.612. The summed E-state index contributed by atoms with van der Waals surface area (Å²) in [5, 5.41) is 12.9. The Bertz CT molecular complexity index is 840. The summed E-state index contributed by atoms with van der Waals surface area (Å²) in [6.07, 6.45) is 0.0642. The Morgan fingerprint density at radius 2 is 1.52 bits per heavy atom. The minimum Gasteiger partial charge on any atom is -0.361 e. The zero-order chi connectivity index (χ0) is 15.8. The van der Waals surface area contributed by atoms with Crippen molar-refractivity contribution in [3.8, 4) is 0 Å². The Labute approximate surface area is 136 Å². The summed E-state index contributed by atoms with van der Waals surface area (Å²) in [5.41, 5.74) is 5.53. The van der Waals surface area contributed by atoms with Crippen molar-refractivity contribution in [3.63, 3.8) is 0 Å². The Hall–Kier alpha value is -2.94. The third-order valence-corrected chi connectivity index (χ3v) is 4.11. The van der Waals surface area contributed by atoms with Crippen LogP contribution in [0.3, 0.4) is 0 Å². The Morgan fingerprint density at radius 1 is 0.913 bits per heavy atom. The van der Waals surface area contributed by atoms with Crippen molar-refractivity contribution >= 4 is 27.8 Å². The van der Waals surface area contributed by atoms with Crippen molar-refractivity contribution in [2.75, 3.05) is 16.0 Å². The van der Waals surface area contributed by atoms with E-state index in [1.807, 2.05) is 6.92 Å². The van der Waals surface area contributed by atoms with Gasteiger partial charge in [-0.1, -0.05) is 43.0 Å². The lowest BCUT2D eigenvalue weighted by molar-refractivity contribution is 0.897. The zero-order valence-corrected chi connectivity index (χ0v) is 13.1. The van der Waals surface area contributed by atoms with Gasteiger partial charge in [0.05, 0.1) is 0 Å². The molecule has 3 heteroatoms. The van der Waals surface area contributed by atoms with E-state index in [4.69, 9.17) is 0 Å². The lowest BCUT2D eigenvalue weighted by atomic mass is 10.0. The number of nitrogens with one attached hydrogen (secondary N) is 3. The topological polar surface area (TPSA) is 36.1 Å². The van der Waals surface area contributed by atoms with Crippen molar-refractivity contribution in [3.05, 3.63) is 78.5 Å². The first kappa shape index (κ1) is 13.7. The standard InChI is InChI=1S/C20H19N3/c1-13(2)21-16-11-9-15(10-12-16)20-22-17-7-3-5-14-6-4-8-18(23-20)19(14)17/h3-12,20-23H,1H2,2H3.